The highest BCUT2D eigenvalue weighted by atomic mass is 35.5. The molecule has 0 bridgehead atoms. The van der Waals surface area contributed by atoms with Crippen molar-refractivity contribution >= 4 is 17.4 Å². The van der Waals surface area contributed by atoms with Crippen molar-refractivity contribution in [2.75, 3.05) is 20.2 Å². The first kappa shape index (κ1) is 16.0. The lowest BCUT2D eigenvalue weighted by atomic mass is 10.0. The minimum absolute atomic E-state index is 0.0372. The number of amidine groups is 1. The molecule has 7 heteroatoms. The number of hydrogen-bond donors (Lipinski definition) is 3. The Labute approximate surface area is 130 Å². The number of nitrogens with two attached hydrogens (primary N) is 2. The maximum absolute atomic E-state index is 5.88. The fourth-order valence-electron chi connectivity index (χ4n) is 2.31. The van der Waals surface area contributed by atoms with Crippen LogP contribution in [0.5, 0.6) is 0 Å². The van der Waals surface area contributed by atoms with Gasteiger partial charge in [0.15, 0.2) is 0 Å². The molecule has 0 aliphatic carbocycles. The van der Waals surface area contributed by atoms with Crippen molar-refractivity contribution in [3.63, 3.8) is 0 Å². The summed E-state index contributed by atoms with van der Waals surface area (Å²) in [5, 5.41) is 9.39. The van der Waals surface area contributed by atoms with Gasteiger partial charge < -0.3 is 15.8 Å². The largest absolute Gasteiger partial charge is 0.386 e. The highest BCUT2D eigenvalue weighted by Gasteiger charge is 2.22. The van der Waals surface area contributed by atoms with Crippen LogP contribution in [0.2, 0.25) is 5.02 Å². The zero-order valence-corrected chi connectivity index (χ0v) is 12.9. The number of hydrazone groups is 1. The molecule has 116 valence electrons. The quantitative estimate of drug-likeness (QED) is 0.322. The number of hydrogen-bond acceptors (Lipinski definition) is 5. The van der Waals surface area contributed by atoms with Crippen LogP contribution in [0.25, 0.3) is 0 Å². The molecule has 1 saturated heterocycles. The molecular weight excluding hydrogens is 290 g/mol. The molecule has 0 spiro atoms. The summed E-state index contributed by atoms with van der Waals surface area (Å²) in [7, 11) is 1.63. The summed E-state index contributed by atoms with van der Waals surface area (Å²) < 4.78 is 5.83. The molecule has 1 heterocycles. The molecule has 1 aromatic carbocycles. The van der Waals surface area contributed by atoms with Gasteiger partial charge in [0, 0.05) is 31.1 Å². The lowest BCUT2D eigenvalue weighted by Crippen LogP contribution is -2.48. The maximum Gasteiger partial charge on any atom is 0.124 e. The monoisotopic (exact) mass is 311 g/mol. The topological polar surface area (TPSA) is 88.9 Å². The molecule has 21 heavy (non-hydrogen) atoms. The molecule has 1 unspecified atom stereocenters. The molecule has 1 aromatic rings. The standard InChI is InChI=1S/C14H22ClN5O/c1-20(17)19-14(16)7-13-8-18-12(9-21-13)6-10-2-4-11(15)5-3-10/h2-5,12-13,18H,6-9,17H2,1H3,(H2,16,19)/t12?,13-/m0/s1. The van der Waals surface area contributed by atoms with Gasteiger partial charge in [-0.15, -0.1) is 5.10 Å². The van der Waals surface area contributed by atoms with E-state index < -0.39 is 0 Å². The summed E-state index contributed by atoms with van der Waals surface area (Å²) in [6.45, 7) is 1.40. The van der Waals surface area contributed by atoms with Crippen LogP contribution in [0.4, 0.5) is 0 Å². The van der Waals surface area contributed by atoms with Crippen molar-refractivity contribution in [1.82, 2.24) is 10.4 Å². The third-order valence-corrected chi connectivity index (χ3v) is 3.54. The molecule has 0 saturated carbocycles. The first-order chi connectivity index (χ1) is 10.0. The predicted octanol–water partition coefficient (Wildman–Crippen LogP) is 0.707. The van der Waals surface area contributed by atoms with E-state index in [1.807, 2.05) is 24.3 Å². The number of ether oxygens (including phenoxy) is 1. The minimum atomic E-state index is 0.0372. The van der Waals surface area contributed by atoms with E-state index in [0.29, 0.717) is 24.9 Å². The van der Waals surface area contributed by atoms with Crippen molar-refractivity contribution in [2.45, 2.75) is 25.0 Å². The van der Waals surface area contributed by atoms with E-state index in [9.17, 15) is 0 Å². The van der Waals surface area contributed by atoms with Gasteiger partial charge in [-0.1, -0.05) is 23.7 Å². The third-order valence-electron chi connectivity index (χ3n) is 3.29. The van der Waals surface area contributed by atoms with E-state index in [-0.39, 0.29) is 6.10 Å². The highest BCUT2D eigenvalue weighted by Crippen LogP contribution is 2.13. The number of hydrazine groups is 1. The van der Waals surface area contributed by atoms with Crippen LogP contribution in [-0.4, -0.2) is 43.3 Å². The molecule has 0 aromatic heterocycles. The molecule has 0 amide bonds. The number of nitrogens with one attached hydrogen (secondary N) is 1. The van der Waals surface area contributed by atoms with Crippen molar-refractivity contribution in [2.24, 2.45) is 16.7 Å². The number of morpholine rings is 1. The van der Waals surface area contributed by atoms with Gasteiger partial charge in [-0.05, 0) is 24.1 Å². The Balaban J connectivity index is 1.76. The Morgan fingerprint density at radius 1 is 1.48 bits per heavy atom. The van der Waals surface area contributed by atoms with Crippen LogP contribution in [0.3, 0.4) is 0 Å². The molecule has 2 atom stereocenters. The Kier molecular flexibility index (Phi) is 5.81. The molecule has 2 rings (SSSR count). The summed E-state index contributed by atoms with van der Waals surface area (Å²) in [6.07, 6.45) is 1.52. The predicted molar refractivity (Wildman–Crippen MR) is 84.9 cm³/mol. The van der Waals surface area contributed by atoms with Crippen molar-refractivity contribution in [3.05, 3.63) is 34.9 Å². The van der Waals surface area contributed by atoms with E-state index in [4.69, 9.17) is 27.9 Å². The Bertz CT molecular complexity index is 469. The Morgan fingerprint density at radius 3 is 2.76 bits per heavy atom. The normalized spacial score (nSPS) is 23.1. The molecular formula is C14H22ClN5O. The van der Waals surface area contributed by atoms with Gasteiger partial charge >= 0.3 is 0 Å². The average Bonchev–Trinajstić information content (AvgIpc) is 2.42. The van der Waals surface area contributed by atoms with E-state index >= 15 is 0 Å². The first-order valence-corrected chi connectivity index (χ1v) is 7.31. The smallest absolute Gasteiger partial charge is 0.124 e. The van der Waals surface area contributed by atoms with Gasteiger partial charge in [0.25, 0.3) is 0 Å². The van der Waals surface area contributed by atoms with Gasteiger partial charge in [-0.3, -0.25) is 0 Å². The Morgan fingerprint density at radius 2 is 2.19 bits per heavy atom. The second kappa shape index (κ2) is 7.61. The molecule has 6 nitrogen and oxygen atoms in total. The van der Waals surface area contributed by atoms with Crippen LogP contribution in [0.1, 0.15) is 12.0 Å². The van der Waals surface area contributed by atoms with E-state index in [1.165, 1.54) is 10.7 Å². The summed E-state index contributed by atoms with van der Waals surface area (Å²) >= 11 is 5.88. The van der Waals surface area contributed by atoms with Gasteiger partial charge in [-0.25, -0.2) is 11.0 Å². The second-order valence-corrected chi connectivity index (χ2v) is 5.70. The lowest BCUT2D eigenvalue weighted by Gasteiger charge is -2.30. The van der Waals surface area contributed by atoms with E-state index in [1.54, 1.807) is 7.05 Å². The van der Waals surface area contributed by atoms with Crippen molar-refractivity contribution in [3.8, 4) is 0 Å². The third kappa shape index (κ3) is 5.51. The zero-order valence-electron chi connectivity index (χ0n) is 12.1. The Hall–Kier alpha value is -1.34. The van der Waals surface area contributed by atoms with E-state index in [0.717, 1.165) is 18.0 Å². The van der Waals surface area contributed by atoms with Crippen LogP contribution < -0.4 is 16.9 Å². The molecule has 5 N–H and O–H groups in total. The minimum Gasteiger partial charge on any atom is -0.386 e. The summed E-state index contributed by atoms with van der Waals surface area (Å²) in [6, 6.07) is 8.20. The molecule has 1 aliphatic rings. The fourth-order valence-corrected chi connectivity index (χ4v) is 2.44. The summed E-state index contributed by atoms with van der Waals surface area (Å²) in [4.78, 5) is 0. The number of nitrogens with zero attached hydrogens (tertiary/aromatic N) is 2. The number of rotatable bonds is 5. The molecule has 0 radical (unpaired) electrons. The van der Waals surface area contributed by atoms with Crippen LogP contribution in [-0.2, 0) is 11.2 Å². The maximum atomic E-state index is 5.88. The van der Waals surface area contributed by atoms with Crippen molar-refractivity contribution in [1.29, 1.82) is 0 Å². The van der Waals surface area contributed by atoms with Crippen LogP contribution in [0.15, 0.2) is 29.4 Å². The van der Waals surface area contributed by atoms with Crippen LogP contribution >= 0.6 is 11.6 Å². The first-order valence-electron chi connectivity index (χ1n) is 6.93. The van der Waals surface area contributed by atoms with Crippen molar-refractivity contribution < 1.29 is 4.74 Å². The highest BCUT2D eigenvalue weighted by molar-refractivity contribution is 6.30. The number of benzene rings is 1. The zero-order chi connectivity index (χ0) is 15.2. The lowest BCUT2D eigenvalue weighted by molar-refractivity contribution is 0.00853. The van der Waals surface area contributed by atoms with E-state index in [2.05, 4.69) is 10.4 Å². The fraction of sp³-hybridized carbons (Fsp3) is 0.500. The van der Waals surface area contributed by atoms with Crippen LogP contribution in [0, 0.1) is 0 Å². The van der Waals surface area contributed by atoms with Gasteiger partial charge in [-0.2, -0.15) is 0 Å². The second-order valence-electron chi connectivity index (χ2n) is 5.26. The average molecular weight is 312 g/mol. The number of halogens is 1. The SMILES string of the molecule is CN(N)/N=C(\N)C[C@H]1CNC(Cc2ccc(Cl)cc2)CO1. The van der Waals surface area contributed by atoms with Gasteiger partial charge in [0.1, 0.15) is 5.84 Å². The molecule has 1 fully saturated rings. The van der Waals surface area contributed by atoms with Gasteiger partial charge in [0.05, 0.1) is 12.7 Å². The molecule has 1 aliphatic heterocycles. The summed E-state index contributed by atoms with van der Waals surface area (Å²) in [5.74, 6) is 5.89. The van der Waals surface area contributed by atoms with Gasteiger partial charge in [0.2, 0.25) is 0 Å². The summed E-state index contributed by atoms with van der Waals surface area (Å²) in [5.41, 5.74) is 7.03.